The van der Waals surface area contributed by atoms with Gasteiger partial charge in [0.1, 0.15) is 0 Å². The van der Waals surface area contributed by atoms with Gasteiger partial charge in [-0.1, -0.05) is 44.2 Å². The van der Waals surface area contributed by atoms with E-state index in [1.807, 2.05) is 6.08 Å². The zero-order chi connectivity index (χ0) is 12.1. The largest absolute Gasteiger partial charge is 0.253 e. The number of nitrogens with zero attached hydrogens (tertiary/aromatic N) is 1. The summed E-state index contributed by atoms with van der Waals surface area (Å²) in [5.74, 6) is 0.634. The summed E-state index contributed by atoms with van der Waals surface area (Å²) < 4.78 is 0. The summed E-state index contributed by atoms with van der Waals surface area (Å²) in [6, 6.07) is 8.60. The first kappa shape index (κ1) is 11.8. The van der Waals surface area contributed by atoms with Gasteiger partial charge in [-0.15, -0.1) is 0 Å². The number of rotatable bonds is 3. The fourth-order valence-corrected chi connectivity index (χ4v) is 1.86. The Morgan fingerprint density at radius 3 is 2.53 bits per heavy atom. The molecule has 0 heterocycles. The highest BCUT2D eigenvalue weighted by atomic mass is 14.7. The Morgan fingerprint density at radius 2 is 1.94 bits per heavy atom. The topological polar surface area (TPSA) is 12.4 Å². The van der Waals surface area contributed by atoms with Gasteiger partial charge in [0.25, 0.3) is 0 Å². The Hall–Kier alpha value is -1.63. The number of hydrogen-bond donors (Lipinski definition) is 0. The maximum Gasteiger partial charge on any atom is 0.0633 e. The second-order valence-corrected chi connectivity index (χ2v) is 4.50. The number of benzene rings is 1. The van der Waals surface area contributed by atoms with Crippen molar-refractivity contribution in [3.05, 3.63) is 54.1 Å². The minimum Gasteiger partial charge on any atom is -0.253 e. The third kappa shape index (κ3) is 3.16. The highest BCUT2D eigenvalue weighted by Crippen LogP contribution is 2.22. The molecule has 2 rings (SSSR count). The zero-order valence-electron chi connectivity index (χ0n) is 10.6. The summed E-state index contributed by atoms with van der Waals surface area (Å²) in [5, 5.41) is 0. The molecule has 1 aliphatic carbocycles. The molecule has 1 atom stereocenters. The molecule has 0 fully saturated rings. The predicted octanol–water partition coefficient (Wildman–Crippen LogP) is 4.79. The molecular formula is C16H19N. The summed E-state index contributed by atoms with van der Waals surface area (Å²) in [5.41, 5.74) is 3.58. The van der Waals surface area contributed by atoms with Crippen molar-refractivity contribution in [2.75, 3.05) is 0 Å². The second-order valence-electron chi connectivity index (χ2n) is 4.50. The highest BCUT2D eigenvalue weighted by Gasteiger charge is 2.02. The molecule has 0 amide bonds. The van der Waals surface area contributed by atoms with Crippen molar-refractivity contribution in [1.29, 1.82) is 0 Å². The molecule has 1 nitrogen and oxygen atoms in total. The van der Waals surface area contributed by atoms with E-state index >= 15 is 0 Å². The molecule has 1 aliphatic rings. The first-order chi connectivity index (χ1) is 8.29. The number of hydrogen-bond acceptors (Lipinski definition) is 1. The molecule has 1 aromatic carbocycles. The van der Waals surface area contributed by atoms with Crippen LogP contribution in [-0.2, 0) is 0 Å². The fraction of sp³-hybridized carbons (Fsp3) is 0.312. The molecule has 1 aromatic rings. The van der Waals surface area contributed by atoms with Gasteiger partial charge in [0, 0.05) is 12.1 Å². The van der Waals surface area contributed by atoms with E-state index in [0.717, 1.165) is 17.8 Å². The van der Waals surface area contributed by atoms with Gasteiger partial charge in [-0.05, 0) is 36.1 Å². The van der Waals surface area contributed by atoms with Crippen LogP contribution in [-0.4, -0.2) is 5.71 Å². The van der Waals surface area contributed by atoms with Crippen LogP contribution in [0.5, 0.6) is 0 Å². The minimum absolute atomic E-state index is 0.634. The summed E-state index contributed by atoms with van der Waals surface area (Å²) in [4.78, 5) is 4.62. The van der Waals surface area contributed by atoms with E-state index < -0.39 is 0 Å². The number of aliphatic imine (C=N–C) groups is 1. The molecule has 1 unspecified atom stereocenters. The van der Waals surface area contributed by atoms with Crippen molar-refractivity contribution < 1.29 is 0 Å². The molecule has 0 N–H and O–H groups in total. The lowest BCUT2D eigenvalue weighted by Gasteiger charge is -2.08. The van der Waals surface area contributed by atoms with Crippen LogP contribution in [0.1, 0.15) is 38.2 Å². The Morgan fingerprint density at radius 1 is 1.18 bits per heavy atom. The zero-order valence-corrected chi connectivity index (χ0v) is 10.6. The summed E-state index contributed by atoms with van der Waals surface area (Å²) in [6.07, 6.45) is 10.4. The first-order valence-corrected chi connectivity index (χ1v) is 6.30. The monoisotopic (exact) mass is 225 g/mol. The lowest BCUT2D eigenvalue weighted by Crippen LogP contribution is -1.93. The highest BCUT2D eigenvalue weighted by molar-refractivity contribution is 5.98. The lowest BCUT2D eigenvalue weighted by atomic mass is 9.99. The lowest BCUT2D eigenvalue weighted by molar-refractivity contribution is 0.734. The Balaban J connectivity index is 2.13. The summed E-state index contributed by atoms with van der Waals surface area (Å²) >= 11 is 0. The van der Waals surface area contributed by atoms with E-state index in [1.54, 1.807) is 0 Å². The van der Waals surface area contributed by atoms with Gasteiger partial charge in [-0.25, -0.2) is 0 Å². The average molecular weight is 225 g/mol. The van der Waals surface area contributed by atoms with E-state index in [4.69, 9.17) is 0 Å². The van der Waals surface area contributed by atoms with Crippen LogP contribution in [0.25, 0.3) is 0 Å². The van der Waals surface area contributed by atoms with E-state index in [0.29, 0.717) is 5.92 Å². The second kappa shape index (κ2) is 5.62. The van der Waals surface area contributed by atoms with Crippen molar-refractivity contribution in [1.82, 2.24) is 0 Å². The van der Waals surface area contributed by atoms with Gasteiger partial charge in [0.05, 0.1) is 5.69 Å². The van der Waals surface area contributed by atoms with Crippen LogP contribution < -0.4 is 0 Å². The van der Waals surface area contributed by atoms with Crippen molar-refractivity contribution in [2.24, 2.45) is 4.99 Å². The molecule has 0 saturated carbocycles. The first-order valence-electron chi connectivity index (χ1n) is 6.30. The average Bonchev–Trinajstić information content (AvgIpc) is 2.40. The molecule has 17 heavy (non-hydrogen) atoms. The van der Waals surface area contributed by atoms with E-state index in [-0.39, 0.29) is 0 Å². The molecule has 88 valence electrons. The molecule has 0 aliphatic heterocycles. The van der Waals surface area contributed by atoms with Gasteiger partial charge in [-0.2, -0.15) is 0 Å². The quantitative estimate of drug-likeness (QED) is 0.701. The van der Waals surface area contributed by atoms with Crippen LogP contribution in [0, 0.1) is 0 Å². The molecular weight excluding hydrogens is 206 g/mol. The fourth-order valence-electron chi connectivity index (χ4n) is 1.86. The molecule has 0 saturated heterocycles. The van der Waals surface area contributed by atoms with E-state index in [9.17, 15) is 0 Å². The van der Waals surface area contributed by atoms with E-state index in [2.05, 4.69) is 61.3 Å². The Bertz CT molecular complexity index is 449. The predicted molar refractivity (Wildman–Crippen MR) is 75.1 cm³/mol. The van der Waals surface area contributed by atoms with Gasteiger partial charge in [-0.3, -0.25) is 4.99 Å². The van der Waals surface area contributed by atoms with Gasteiger partial charge >= 0.3 is 0 Å². The van der Waals surface area contributed by atoms with Crippen molar-refractivity contribution >= 4 is 11.4 Å². The number of allylic oxidation sites excluding steroid dienone is 4. The van der Waals surface area contributed by atoms with Crippen LogP contribution in [0.3, 0.4) is 0 Å². The smallest absolute Gasteiger partial charge is 0.0633 e. The van der Waals surface area contributed by atoms with Crippen molar-refractivity contribution in [2.45, 2.75) is 32.6 Å². The van der Waals surface area contributed by atoms with Crippen LogP contribution in [0.15, 0.2) is 53.6 Å². The van der Waals surface area contributed by atoms with Gasteiger partial charge in [0.2, 0.25) is 0 Å². The molecule has 0 radical (unpaired) electrons. The normalized spacial score (nSPS) is 18.6. The van der Waals surface area contributed by atoms with Crippen LogP contribution in [0.4, 0.5) is 5.69 Å². The van der Waals surface area contributed by atoms with Crippen molar-refractivity contribution in [3.8, 4) is 0 Å². The van der Waals surface area contributed by atoms with Crippen LogP contribution in [0.2, 0.25) is 0 Å². The molecule has 0 aromatic heterocycles. The van der Waals surface area contributed by atoms with Gasteiger partial charge in [0.15, 0.2) is 0 Å². The SMILES string of the molecule is CCC(C)c1ccc(N=C2C=CC=CC2)cc1. The maximum atomic E-state index is 4.62. The third-order valence-electron chi connectivity index (χ3n) is 3.21. The summed E-state index contributed by atoms with van der Waals surface area (Å²) in [7, 11) is 0. The third-order valence-corrected chi connectivity index (χ3v) is 3.21. The van der Waals surface area contributed by atoms with Gasteiger partial charge < -0.3 is 0 Å². The Labute approximate surface area is 104 Å². The van der Waals surface area contributed by atoms with Crippen LogP contribution >= 0.6 is 0 Å². The minimum atomic E-state index is 0.634. The van der Waals surface area contributed by atoms with Crippen molar-refractivity contribution in [3.63, 3.8) is 0 Å². The maximum absolute atomic E-state index is 4.62. The molecule has 1 heteroatoms. The van der Waals surface area contributed by atoms with E-state index in [1.165, 1.54) is 12.0 Å². The Kier molecular flexibility index (Phi) is 3.92. The standard InChI is InChI=1S/C16H19N/c1-3-13(2)14-9-11-16(12-10-14)17-15-7-5-4-6-8-15/h4-7,9-13H,3,8H2,1-2H3. The summed E-state index contributed by atoms with van der Waals surface area (Å²) in [6.45, 7) is 4.48. The molecule has 0 spiro atoms. The molecule has 0 bridgehead atoms.